The summed E-state index contributed by atoms with van der Waals surface area (Å²) in [5.74, 6) is -0.169. The first-order valence-corrected chi connectivity index (χ1v) is 6.20. The second-order valence-electron chi connectivity index (χ2n) is 3.94. The van der Waals surface area contributed by atoms with E-state index in [4.69, 9.17) is 16.4 Å². The minimum absolute atomic E-state index is 0.0750. The number of hydrogen-bond acceptors (Lipinski definition) is 3. The Kier molecular flexibility index (Phi) is 6.22. The van der Waals surface area contributed by atoms with E-state index in [1.807, 2.05) is 26.0 Å². The number of amides is 1. The Morgan fingerprint density at radius 3 is 2.78 bits per heavy atom. The first-order chi connectivity index (χ1) is 8.61. The standard InChI is InChI=1S/C13H17ClN2O2/c1-3-10(2)16-13(17)9-18-15-8-11-4-6-12(14)7-5-11/h4-8,10H,3,9H2,1-2H3,(H,16,17)/b15-8-/t10-/m0/s1. The zero-order valence-electron chi connectivity index (χ0n) is 10.5. The molecular weight excluding hydrogens is 252 g/mol. The molecule has 98 valence electrons. The second kappa shape index (κ2) is 7.71. The van der Waals surface area contributed by atoms with Gasteiger partial charge in [-0.15, -0.1) is 0 Å². The zero-order chi connectivity index (χ0) is 13.4. The SMILES string of the molecule is CC[C@H](C)NC(=O)CO/N=C\c1ccc(Cl)cc1. The van der Waals surface area contributed by atoms with Gasteiger partial charge in [-0.05, 0) is 31.0 Å². The normalized spacial score (nSPS) is 12.4. The Hall–Kier alpha value is -1.55. The topological polar surface area (TPSA) is 50.7 Å². The molecule has 1 rings (SSSR count). The fraction of sp³-hybridized carbons (Fsp3) is 0.385. The van der Waals surface area contributed by atoms with Gasteiger partial charge in [-0.1, -0.05) is 35.8 Å². The molecule has 0 saturated heterocycles. The maximum atomic E-state index is 11.3. The van der Waals surface area contributed by atoms with E-state index in [1.165, 1.54) is 6.21 Å². The molecule has 0 heterocycles. The predicted octanol–water partition coefficient (Wildman–Crippen LogP) is 2.61. The monoisotopic (exact) mass is 268 g/mol. The number of oxime groups is 1. The van der Waals surface area contributed by atoms with E-state index in [0.717, 1.165) is 12.0 Å². The first kappa shape index (κ1) is 14.5. The molecule has 0 bridgehead atoms. The molecule has 0 aliphatic rings. The molecule has 1 aromatic carbocycles. The van der Waals surface area contributed by atoms with Gasteiger partial charge in [0.05, 0.1) is 6.21 Å². The van der Waals surface area contributed by atoms with E-state index < -0.39 is 0 Å². The summed E-state index contributed by atoms with van der Waals surface area (Å²) >= 11 is 5.75. The van der Waals surface area contributed by atoms with Gasteiger partial charge in [-0.3, -0.25) is 4.79 Å². The van der Waals surface area contributed by atoms with E-state index in [0.29, 0.717) is 5.02 Å². The fourth-order valence-corrected chi connectivity index (χ4v) is 1.29. The molecule has 0 spiro atoms. The van der Waals surface area contributed by atoms with Crippen molar-refractivity contribution in [2.24, 2.45) is 5.16 Å². The summed E-state index contributed by atoms with van der Waals surface area (Å²) in [5.41, 5.74) is 0.863. The summed E-state index contributed by atoms with van der Waals surface area (Å²) in [4.78, 5) is 16.2. The van der Waals surface area contributed by atoms with E-state index in [-0.39, 0.29) is 18.6 Å². The number of carbonyl (C=O) groups is 1. The summed E-state index contributed by atoms with van der Waals surface area (Å²) in [6.07, 6.45) is 2.42. The highest BCUT2D eigenvalue weighted by atomic mass is 35.5. The van der Waals surface area contributed by atoms with Gasteiger partial charge in [0.1, 0.15) is 0 Å². The zero-order valence-corrected chi connectivity index (χ0v) is 11.3. The molecule has 0 unspecified atom stereocenters. The summed E-state index contributed by atoms with van der Waals surface area (Å²) in [5, 5.41) is 7.16. The Morgan fingerprint density at radius 2 is 2.17 bits per heavy atom. The molecular formula is C13H17ClN2O2. The highest BCUT2D eigenvalue weighted by molar-refractivity contribution is 6.30. The van der Waals surface area contributed by atoms with Crippen LogP contribution in [0.25, 0.3) is 0 Å². The van der Waals surface area contributed by atoms with Crippen molar-refractivity contribution in [2.45, 2.75) is 26.3 Å². The summed E-state index contributed by atoms with van der Waals surface area (Å²) in [6, 6.07) is 7.31. The van der Waals surface area contributed by atoms with Crippen LogP contribution in [0.2, 0.25) is 5.02 Å². The lowest BCUT2D eigenvalue weighted by Crippen LogP contribution is -2.34. The number of nitrogens with zero attached hydrogens (tertiary/aromatic N) is 1. The van der Waals surface area contributed by atoms with Crippen molar-refractivity contribution in [3.05, 3.63) is 34.9 Å². The number of halogens is 1. The molecule has 1 N–H and O–H groups in total. The molecule has 0 radical (unpaired) electrons. The van der Waals surface area contributed by atoms with Crippen LogP contribution < -0.4 is 5.32 Å². The minimum Gasteiger partial charge on any atom is -0.386 e. The molecule has 0 aliphatic carbocycles. The van der Waals surface area contributed by atoms with Gasteiger partial charge >= 0.3 is 0 Å². The van der Waals surface area contributed by atoms with E-state index >= 15 is 0 Å². The molecule has 4 nitrogen and oxygen atoms in total. The number of benzene rings is 1. The predicted molar refractivity (Wildman–Crippen MR) is 72.9 cm³/mol. The third-order valence-electron chi connectivity index (χ3n) is 2.36. The van der Waals surface area contributed by atoms with Crippen LogP contribution >= 0.6 is 11.6 Å². The second-order valence-corrected chi connectivity index (χ2v) is 4.37. The number of hydrogen-bond donors (Lipinski definition) is 1. The van der Waals surface area contributed by atoms with Crippen molar-refractivity contribution in [1.29, 1.82) is 0 Å². The van der Waals surface area contributed by atoms with Crippen molar-refractivity contribution in [1.82, 2.24) is 5.32 Å². The lowest BCUT2D eigenvalue weighted by molar-refractivity contribution is -0.126. The van der Waals surface area contributed by atoms with Crippen LogP contribution in [0.15, 0.2) is 29.4 Å². The third-order valence-corrected chi connectivity index (χ3v) is 2.61. The highest BCUT2D eigenvalue weighted by Crippen LogP contribution is 2.07. The molecule has 0 fully saturated rings. The Bertz CT molecular complexity index is 404. The van der Waals surface area contributed by atoms with Gasteiger partial charge in [0.2, 0.25) is 0 Å². The van der Waals surface area contributed by atoms with Crippen LogP contribution in [0.4, 0.5) is 0 Å². The summed E-state index contributed by atoms with van der Waals surface area (Å²) in [7, 11) is 0. The van der Waals surface area contributed by atoms with Crippen molar-refractivity contribution >= 4 is 23.7 Å². The molecule has 0 saturated carbocycles. The Morgan fingerprint density at radius 1 is 1.50 bits per heavy atom. The van der Waals surface area contributed by atoms with Gasteiger partial charge in [0, 0.05) is 11.1 Å². The smallest absolute Gasteiger partial charge is 0.260 e. The van der Waals surface area contributed by atoms with E-state index in [1.54, 1.807) is 12.1 Å². The number of carbonyl (C=O) groups excluding carboxylic acids is 1. The van der Waals surface area contributed by atoms with Crippen LogP contribution in [0.3, 0.4) is 0 Å². The van der Waals surface area contributed by atoms with Gasteiger partial charge in [0.15, 0.2) is 6.61 Å². The molecule has 1 amide bonds. The largest absolute Gasteiger partial charge is 0.386 e. The molecule has 18 heavy (non-hydrogen) atoms. The Balaban J connectivity index is 2.29. The van der Waals surface area contributed by atoms with Gasteiger partial charge in [-0.2, -0.15) is 0 Å². The molecule has 5 heteroatoms. The highest BCUT2D eigenvalue weighted by Gasteiger charge is 2.04. The van der Waals surface area contributed by atoms with Crippen molar-refractivity contribution < 1.29 is 9.63 Å². The summed E-state index contributed by atoms with van der Waals surface area (Å²) in [6.45, 7) is 3.87. The van der Waals surface area contributed by atoms with Crippen LogP contribution in [-0.2, 0) is 9.63 Å². The summed E-state index contributed by atoms with van der Waals surface area (Å²) < 4.78 is 0. The van der Waals surface area contributed by atoms with Crippen molar-refractivity contribution in [3.8, 4) is 0 Å². The lowest BCUT2D eigenvalue weighted by atomic mass is 10.2. The van der Waals surface area contributed by atoms with E-state index in [2.05, 4.69) is 10.5 Å². The Labute approximate surface area is 112 Å². The first-order valence-electron chi connectivity index (χ1n) is 5.82. The molecule has 1 atom stereocenters. The maximum Gasteiger partial charge on any atom is 0.260 e. The van der Waals surface area contributed by atoms with E-state index in [9.17, 15) is 4.79 Å². The quantitative estimate of drug-likeness (QED) is 0.637. The van der Waals surface area contributed by atoms with Gasteiger partial charge in [0.25, 0.3) is 5.91 Å². The molecule has 1 aromatic rings. The molecule has 0 aliphatic heterocycles. The van der Waals surface area contributed by atoms with Gasteiger partial charge in [-0.25, -0.2) is 0 Å². The third kappa shape index (κ3) is 5.68. The fourth-order valence-electron chi connectivity index (χ4n) is 1.16. The van der Waals surface area contributed by atoms with Crippen LogP contribution in [0.5, 0.6) is 0 Å². The van der Waals surface area contributed by atoms with Crippen molar-refractivity contribution in [2.75, 3.05) is 6.61 Å². The van der Waals surface area contributed by atoms with Gasteiger partial charge < -0.3 is 10.2 Å². The molecule has 0 aromatic heterocycles. The van der Waals surface area contributed by atoms with Crippen molar-refractivity contribution in [3.63, 3.8) is 0 Å². The maximum absolute atomic E-state index is 11.3. The average Bonchev–Trinajstić information content (AvgIpc) is 2.36. The van der Waals surface area contributed by atoms with Crippen LogP contribution in [-0.4, -0.2) is 24.8 Å². The number of rotatable bonds is 6. The average molecular weight is 269 g/mol. The van der Waals surface area contributed by atoms with Crippen LogP contribution in [0.1, 0.15) is 25.8 Å². The lowest BCUT2D eigenvalue weighted by Gasteiger charge is -2.09. The van der Waals surface area contributed by atoms with Crippen LogP contribution in [0, 0.1) is 0 Å². The number of nitrogens with one attached hydrogen (secondary N) is 1. The minimum atomic E-state index is -0.169.